The molecule has 2 bridgehead atoms. The Morgan fingerprint density at radius 3 is 2.53 bits per heavy atom. The van der Waals surface area contributed by atoms with Gasteiger partial charge in [-0.25, -0.2) is 0 Å². The molecule has 0 saturated heterocycles. The lowest BCUT2D eigenvalue weighted by Gasteiger charge is -2.46. The van der Waals surface area contributed by atoms with Gasteiger partial charge in [-0.1, -0.05) is 91.4 Å². The number of rotatable bonds is 11. The molecule has 4 aromatic rings. The number of carbonyl (C=O) groups is 1. The van der Waals surface area contributed by atoms with Gasteiger partial charge in [0.05, 0.1) is 24.4 Å². The van der Waals surface area contributed by atoms with Crippen LogP contribution in [0.2, 0.25) is 0 Å². The second-order valence-electron chi connectivity index (χ2n) is 15.1. The predicted octanol–water partition coefficient (Wildman–Crippen LogP) is 7.58. The highest BCUT2D eigenvalue weighted by Gasteiger charge is 2.57. The monoisotopic (exact) mass is 707 g/mol. The Morgan fingerprint density at radius 2 is 1.76 bits per heavy atom. The van der Waals surface area contributed by atoms with Crippen LogP contribution in [-0.2, 0) is 12.8 Å². The second kappa shape index (κ2) is 16.5. The number of hydrogen-bond donors (Lipinski definition) is 4. The Labute approximate surface area is 307 Å². The van der Waals surface area contributed by atoms with Gasteiger partial charge in [-0.05, 0) is 104 Å². The van der Waals surface area contributed by atoms with Crippen molar-refractivity contribution in [3.63, 3.8) is 0 Å². The van der Waals surface area contributed by atoms with Crippen molar-refractivity contribution in [1.82, 2.24) is 4.90 Å². The molecule has 1 aromatic heterocycles. The third kappa shape index (κ3) is 8.46. The molecule has 1 fully saturated rings. The largest absolute Gasteiger partial charge is 0.394 e. The van der Waals surface area contributed by atoms with Crippen LogP contribution in [0.25, 0.3) is 11.1 Å². The van der Waals surface area contributed by atoms with Crippen molar-refractivity contribution in [1.29, 1.82) is 0 Å². The van der Waals surface area contributed by atoms with Crippen molar-refractivity contribution < 1.29 is 25.2 Å². The van der Waals surface area contributed by atoms with Crippen LogP contribution in [0.3, 0.4) is 0 Å². The number of benzene rings is 3. The zero-order valence-electron chi connectivity index (χ0n) is 30.0. The Bertz CT molecular complexity index is 1790. The molecule has 7 rings (SSSR count). The summed E-state index contributed by atoms with van der Waals surface area (Å²) in [5.74, 6) is -0.159. The van der Waals surface area contributed by atoms with E-state index in [1.54, 1.807) is 11.3 Å². The van der Waals surface area contributed by atoms with Crippen LogP contribution in [0, 0.1) is 5.41 Å². The standard InChI is InChI=1S/C44H53NO5S/c1-31-10-8-22-43(2)41(20-23-44(43,50)30-45(28-35(48)29-46)24-21-36-13-9-25-51-36)38-19-17-32(26-34(47)18-16-31)27-40(38)42(49)39-15-7-6-14-37(39)33-11-4-3-5-12-33/h3-7,9-15,17,19,25,27,34-35,41,46-48,50H,8,16,18,20-24,26,28-30H2,1-2H3/t34-,35-,41-,43-,44+/m0/s1. The van der Waals surface area contributed by atoms with Crippen molar-refractivity contribution in [2.45, 2.75) is 88.9 Å². The summed E-state index contributed by atoms with van der Waals surface area (Å²) in [5, 5.41) is 46.4. The van der Waals surface area contributed by atoms with Gasteiger partial charge in [0, 0.05) is 41.1 Å². The number of fused-ring (bicyclic) bond motifs is 8. The van der Waals surface area contributed by atoms with Crippen molar-refractivity contribution in [2.24, 2.45) is 5.41 Å². The molecular weight excluding hydrogens is 655 g/mol. The van der Waals surface area contributed by atoms with Gasteiger partial charge >= 0.3 is 0 Å². The van der Waals surface area contributed by atoms with E-state index in [0.717, 1.165) is 41.5 Å². The van der Waals surface area contributed by atoms with E-state index in [9.17, 15) is 25.2 Å². The summed E-state index contributed by atoms with van der Waals surface area (Å²) in [6, 6.07) is 28.1. The lowest BCUT2D eigenvalue weighted by molar-refractivity contribution is -0.0889. The third-order valence-electron chi connectivity index (χ3n) is 11.6. The minimum atomic E-state index is -1.11. The number of hydrogen-bond acceptors (Lipinski definition) is 7. The van der Waals surface area contributed by atoms with E-state index in [2.05, 4.69) is 48.4 Å². The van der Waals surface area contributed by atoms with Crippen LogP contribution in [0.1, 0.15) is 90.2 Å². The first kappa shape index (κ1) is 37.3. The summed E-state index contributed by atoms with van der Waals surface area (Å²) < 4.78 is 0. The van der Waals surface area contributed by atoms with Crippen molar-refractivity contribution >= 4 is 17.1 Å². The topological polar surface area (TPSA) is 101 Å². The van der Waals surface area contributed by atoms with Crippen molar-refractivity contribution in [2.75, 3.05) is 26.2 Å². The van der Waals surface area contributed by atoms with Gasteiger partial charge in [0.2, 0.25) is 0 Å². The molecule has 0 spiro atoms. The van der Waals surface area contributed by atoms with E-state index < -0.39 is 23.2 Å². The van der Waals surface area contributed by atoms with Gasteiger partial charge in [-0.3, -0.25) is 9.69 Å². The van der Waals surface area contributed by atoms with Crippen molar-refractivity contribution in [3.8, 4) is 11.1 Å². The first-order chi connectivity index (χ1) is 24.6. The molecule has 3 aliphatic carbocycles. The highest BCUT2D eigenvalue weighted by atomic mass is 32.1. The van der Waals surface area contributed by atoms with Gasteiger partial charge in [-0.15, -0.1) is 11.3 Å². The fourth-order valence-electron chi connectivity index (χ4n) is 8.58. The van der Waals surface area contributed by atoms with Crippen molar-refractivity contribution in [3.05, 3.63) is 129 Å². The minimum absolute atomic E-state index is 0.0509. The van der Waals surface area contributed by atoms with E-state index >= 15 is 0 Å². The highest BCUT2D eigenvalue weighted by Crippen LogP contribution is 2.59. The van der Waals surface area contributed by atoms with E-state index in [1.807, 2.05) is 66.7 Å². The van der Waals surface area contributed by atoms with Crippen LogP contribution in [0.5, 0.6) is 0 Å². The van der Waals surface area contributed by atoms with Crippen LogP contribution in [-0.4, -0.2) is 75.2 Å². The van der Waals surface area contributed by atoms with Crippen LogP contribution in [0.15, 0.2) is 102 Å². The van der Waals surface area contributed by atoms with Gasteiger partial charge in [0.25, 0.3) is 0 Å². The molecule has 1 saturated carbocycles. The predicted molar refractivity (Wildman–Crippen MR) is 206 cm³/mol. The van der Waals surface area contributed by atoms with E-state index in [0.29, 0.717) is 56.3 Å². The van der Waals surface area contributed by atoms with Crippen LogP contribution >= 0.6 is 11.3 Å². The average Bonchev–Trinajstić information content (AvgIpc) is 3.75. The fourth-order valence-corrected chi connectivity index (χ4v) is 9.27. The second-order valence-corrected chi connectivity index (χ2v) is 16.1. The lowest BCUT2D eigenvalue weighted by Crippen LogP contribution is -2.54. The maximum absolute atomic E-state index is 14.9. The zero-order chi connectivity index (χ0) is 36.0. The number of allylic oxidation sites excluding steroid dienone is 2. The molecule has 4 N–H and O–H groups in total. The molecule has 5 atom stereocenters. The van der Waals surface area contributed by atoms with E-state index in [1.165, 1.54) is 10.5 Å². The maximum atomic E-state index is 14.9. The number of nitrogens with zero attached hydrogens (tertiary/aromatic N) is 1. The number of ketones is 1. The van der Waals surface area contributed by atoms with Gasteiger partial charge in [0.1, 0.15) is 0 Å². The summed E-state index contributed by atoms with van der Waals surface area (Å²) >= 11 is 1.70. The lowest BCUT2D eigenvalue weighted by atomic mass is 9.64. The Kier molecular flexibility index (Phi) is 12.1. The van der Waals surface area contributed by atoms with Gasteiger partial charge in [0.15, 0.2) is 5.78 Å². The first-order valence-corrected chi connectivity index (χ1v) is 19.4. The van der Waals surface area contributed by atoms with Gasteiger partial charge in [-0.2, -0.15) is 0 Å². The fraction of sp³-hybridized carbons (Fsp3) is 0.432. The number of aliphatic hydroxyl groups excluding tert-OH is 3. The zero-order valence-corrected chi connectivity index (χ0v) is 30.8. The summed E-state index contributed by atoms with van der Waals surface area (Å²) in [7, 11) is 0. The van der Waals surface area contributed by atoms with E-state index in [4.69, 9.17) is 0 Å². The summed E-state index contributed by atoms with van der Waals surface area (Å²) in [4.78, 5) is 18.3. The minimum Gasteiger partial charge on any atom is -0.394 e. The average molecular weight is 708 g/mol. The normalized spacial score (nSPS) is 24.6. The summed E-state index contributed by atoms with van der Waals surface area (Å²) in [6.45, 7) is 5.25. The van der Waals surface area contributed by atoms with E-state index in [-0.39, 0.29) is 24.9 Å². The third-order valence-corrected chi connectivity index (χ3v) is 12.5. The number of thiophene rings is 1. The quantitative estimate of drug-likeness (QED) is 0.0948. The maximum Gasteiger partial charge on any atom is 0.193 e. The molecule has 0 unspecified atom stereocenters. The number of carbonyl (C=O) groups excluding carboxylic acids is 1. The Hall–Kier alpha value is -3.43. The molecule has 0 aliphatic heterocycles. The molecule has 0 radical (unpaired) electrons. The molecule has 1 heterocycles. The summed E-state index contributed by atoms with van der Waals surface area (Å²) in [5.41, 5.74) is 4.52. The molecular formula is C44H53NO5S. The molecule has 7 heteroatoms. The summed E-state index contributed by atoms with van der Waals surface area (Å²) in [6.07, 6.45) is 6.26. The smallest absolute Gasteiger partial charge is 0.193 e. The SMILES string of the molecule is CC1=CCC[C@@]2(C)[C@@H](CC[C@@]2(O)CN(CCc2cccs2)C[C@H](O)CO)c2ccc(cc2C(=O)c2ccccc2-c2ccccc2)C[C@@H](O)CC1. The Balaban J connectivity index is 1.43. The van der Waals surface area contributed by atoms with Gasteiger partial charge < -0.3 is 20.4 Å². The van der Waals surface area contributed by atoms with Crippen LogP contribution in [0.4, 0.5) is 0 Å². The molecule has 6 nitrogen and oxygen atoms in total. The molecule has 3 aromatic carbocycles. The Morgan fingerprint density at radius 1 is 0.980 bits per heavy atom. The van der Waals surface area contributed by atoms with Crippen LogP contribution < -0.4 is 0 Å². The molecule has 3 aliphatic rings. The molecule has 51 heavy (non-hydrogen) atoms. The molecule has 270 valence electrons. The highest BCUT2D eigenvalue weighted by molar-refractivity contribution is 7.09. The molecule has 0 amide bonds. The number of aliphatic hydroxyl groups is 4. The first-order valence-electron chi connectivity index (χ1n) is 18.5.